The highest BCUT2D eigenvalue weighted by Gasteiger charge is 2.36. The summed E-state index contributed by atoms with van der Waals surface area (Å²) < 4.78 is 1.93. The summed E-state index contributed by atoms with van der Waals surface area (Å²) in [4.78, 5) is 0. The molecule has 1 aromatic heterocycles. The van der Waals surface area contributed by atoms with Crippen LogP contribution in [0.15, 0.2) is 42.7 Å². The van der Waals surface area contributed by atoms with Crippen LogP contribution in [0.1, 0.15) is 25.3 Å². The van der Waals surface area contributed by atoms with Gasteiger partial charge in [0, 0.05) is 24.8 Å². The lowest BCUT2D eigenvalue weighted by Gasteiger charge is -2.08. The fraction of sp³-hybridized carbons (Fsp3) is 0.400. The van der Waals surface area contributed by atoms with Crippen molar-refractivity contribution in [3.63, 3.8) is 0 Å². The maximum Gasteiger partial charge on any atom is 0.0645 e. The van der Waals surface area contributed by atoms with Gasteiger partial charge in [0.1, 0.15) is 0 Å². The Morgan fingerprint density at radius 3 is 2.78 bits per heavy atom. The van der Waals surface area contributed by atoms with E-state index in [-0.39, 0.29) is 0 Å². The largest absolute Gasteiger partial charge is 0.312 e. The van der Waals surface area contributed by atoms with Crippen LogP contribution >= 0.6 is 0 Å². The van der Waals surface area contributed by atoms with Gasteiger partial charge in [0.05, 0.1) is 11.9 Å². The smallest absolute Gasteiger partial charge is 0.0645 e. The molecule has 1 fully saturated rings. The second-order valence-electron chi connectivity index (χ2n) is 5.54. The molecule has 0 saturated heterocycles. The van der Waals surface area contributed by atoms with E-state index in [2.05, 4.69) is 35.7 Å². The first-order valence-corrected chi connectivity index (χ1v) is 6.55. The van der Waals surface area contributed by atoms with Gasteiger partial charge in [-0.1, -0.05) is 25.1 Å². The number of benzene rings is 1. The van der Waals surface area contributed by atoms with E-state index >= 15 is 0 Å². The summed E-state index contributed by atoms with van der Waals surface area (Å²) in [5.74, 6) is 0. The molecule has 3 heteroatoms. The number of nitrogens with one attached hydrogen (secondary N) is 1. The molecule has 18 heavy (non-hydrogen) atoms. The second-order valence-corrected chi connectivity index (χ2v) is 5.54. The third-order valence-corrected chi connectivity index (χ3v) is 3.64. The summed E-state index contributed by atoms with van der Waals surface area (Å²) in [6.45, 7) is 4.36. The van der Waals surface area contributed by atoms with Crippen molar-refractivity contribution in [1.82, 2.24) is 15.1 Å². The summed E-state index contributed by atoms with van der Waals surface area (Å²) in [6.07, 6.45) is 6.76. The molecule has 0 atom stereocenters. The van der Waals surface area contributed by atoms with Crippen LogP contribution in [0.5, 0.6) is 0 Å². The van der Waals surface area contributed by atoms with Crippen molar-refractivity contribution in [3.05, 3.63) is 48.3 Å². The Bertz CT molecular complexity index is 512. The van der Waals surface area contributed by atoms with Gasteiger partial charge in [-0.15, -0.1) is 0 Å². The summed E-state index contributed by atoms with van der Waals surface area (Å²) in [5.41, 5.74) is 2.91. The molecular formula is C15H19N3. The van der Waals surface area contributed by atoms with Gasteiger partial charge in [-0.05, 0) is 30.4 Å². The number of nitrogens with zero attached hydrogens (tertiary/aromatic N) is 2. The first-order chi connectivity index (χ1) is 8.75. The molecule has 3 rings (SSSR count). The van der Waals surface area contributed by atoms with E-state index < -0.39 is 0 Å². The first kappa shape index (κ1) is 11.5. The Hall–Kier alpha value is -1.61. The van der Waals surface area contributed by atoms with Crippen LogP contribution < -0.4 is 5.32 Å². The van der Waals surface area contributed by atoms with E-state index in [1.807, 2.05) is 29.1 Å². The number of rotatable bonds is 5. The number of hydrogen-bond acceptors (Lipinski definition) is 2. The van der Waals surface area contributed by atoms with Crippen LogP contribution in [-0.2, 0) is 6.54 Å². The number of aromatic nitrogens is 2. The lowest BCUT2D eigenvalue weighted by atomic mass is 10.1. The fourth-order valence-corrected chi connectivity index (χ4v) is 2.07. The molecule has 0 radical (unpaired) electrons. The third kappa shape index (κ3) is 2.62. The zero-order valence-electron chi connectivity index (χ0n) is 10.8. The van der Waals surface area contributed by atoms with Crippen molar-refractivity contribution >= 4 is 0 Å². The van der Waals surface area contributed by atoms with E-state index in [1.54, 1.807) is 0 Å². The van der Waals surface area contributed by atoms with E-state index in [4.69, 9.17) is 0 Å². The van der Waals surface area contributed by atoms with Gasteiger partial charge in [-0.25, -0.2) is 4.68 Å². The molecule has 1 N–H and O–H groups in total. The SMILES string of the molecule is CC1(CNCc2cnn(-c3ccccc3)c2)CC1. The Morgan fingerprint density at radius 1 is 1.28 bits per heavy atom. The highest BCUT2D eigenvalue weighted by Crippen LogP contribution is 2.44. The Morgan fingerprint density at radius 2 is 2.06 bits per heavy atom. The molecule has 2 aromatic rings. The zero-order chi connectivity index (χ0) is 12.4. The topological polar surface area (TPSA) is 29.9 Å². The van der Waals surface area contributed by atoms with Gasteiger partial charge in [-0.2, -0.15) is 5.10 Å². The van der Waals surface area contributed by atoms with Gasteiger partial charge in [-0.3, -0.25) is 0 Å². The molecule has 0 aliphatic heterocycles. The summed E-state index contributed by atoms with van der Waals surface area (Å²) in [5, 5.41) is 7.91. The molecule has 1 aliphatic carbocycles. The standard InChI is InChI=1S/C15H19N3/c1-15(7-8-15)12-16-9-13-10-17-18(11-13)14-5-3-2-4-6-14/h2-6,10-11,16H,7-9,12H2,1H3. The maximum atomic E-state index is 4.39. The Kier molecular flexibility index (Phi) is 2.92. The Labute approximate surface area is 108 Å². The van der Waals surface area contributed by atoms with Crippen molar-refractivity contribution < 1.29 is 0 Å². The number of para-hydroxylation sites is 1. The van der Waals surface area contributed by atoms with Gasteiger partial charge in [0.25, 0.3) is 0 Å². The quantitative estimate of drug-likeness (QED) is 0.872. The van der Waals surface area contributed by atoms with Gasteiger partial charge < -0.3 is 5.32 Å². The van der Waals surface area contributed by atoms with Gasteiger partial charge in [0.2, 0.25) is 0 Å². The predicted octanol–water partition coefficient (Wildman–Crippen LogP) is 2.76. The molecule has 0 spiro atoms. The minimum absolute atomic E-state index is 0.565. The minimum atomic E-state index is 0.565. The van der Waals surface area contributed by atoms with Crippen molar-refractivity contribution in [1.29, 1.82) is 0 Å². The molecule has 0 unspecified atom stereocenters. The zero-order valence-corrected chi connectivity index (χ0v) is 10.8. The number of hydrogen-bond donors (Lipinski definition) is 1. The van der Waals surface area contributed by atoms with Crippen LogP contribution in [-0.4, -0.2) is 16.3 Å². The van der Waals surface area contributed by atoms with Crippen molar-refractivity contribution in [2.75, 3.05) is 6.54 Å². The van der Waals surface area contributed by atoms with Gasteiger partial charge in [0.15, 0.2) is 0 Å². The summed E-state index contributed by atoms with van der Waals surface area (Å²) >= 11 is 0. The lowest BCUT2D eigenvalue weighted by Crippen LogP contribution is -2.21. The molecule has 0 amide bonds. The normalized spacial score (nSPS) is 16.7. The molecule has 1 heterocycles. The summed E-state index contributed by atoms with van der Waals surface area (Å²) in [7, 11) is 0. The van der Waals surface area contributed by atoms with Crippen LogP contribution in [0.25, 0.3) is 5.69 Å². The Balaban J connectivity index is 1.59. The van der Waals surface area contributed by atoms with Crippen molar-refractivity contribution in [3.8, 4) is 5.69 Å². The average molecular weight is 241 g/mol. The van der Waals surface area contributed by atoms with Crippen molar-refractivity contribution in [2.45, 2.75) is 26.3 Å². The maximum absolute atomic E-state index is 4.39. The molecule has 1 saturated carbocycles. The monoisotopic (exact) mass is 241 g/mol. The van der Waals surface area contributed by atoms with Crippen molar-refractivity contribution in [2.24, 2.45) is 5.41 Å². The predicted molar refractivity (Wildman–Crippen MR) is 72.6 cm³/mol. The van der Waals surface area contributed by atoms with E-state index in [0.717, 1.165) is 18.8 Å². The molecule has 0 bridgehead atoms. The highest BCUT2D eigenvalue weighted by molar-refractivity contribution is 5.30. The second kappa shape index (κ2) is 4.58. The summed E-state index contributed by atoms with van der Waals surface area (Å²) in [6, 6.07) is 10.2. The van der Waals surface area contributed by atoms with E-state index in [1.165, 1.54) is 18.4 Å². The van der Waals surface area contributed by atoms with Crippen LogP contribution in [0.2, 0.25) is 0 Å². The third-order valence-electron chi connectivity index (χ3n) is 3.64. The lowest BCUT2D eigenvalue weighted by molar-refractivity contribution is 0.499. The van der Waals surface area contributed by atoms with Gasteiger partial charge >= 0.3 is 0 Å². The van der Waals surface area contributed by atoms with Crippen LogP contribution in [0.3, 0.4) is 0 Å². The molecule has 3 nitrogen and oxygen atoms in total. The van der Waals surface area contributed by atoms with E-state index in [0.29, 0.717) is 5.41 Å². The molecule has 1 aliphatic rings. The highest BCUT2D eigenvalue weighted by atomic mass is 15.3. The van der Waals surface area contributed by atoms with Crippen LogP contribution in [0.4, 0.5) is 0 Å². The first-order valence-electron chi connectivity index (χ1n) is 6.55. The minimum Gasteiger partial charge on any atom is -0.312 e. The average Bonchev–Trinajstić information content (AvgIpc) is 2.94. The molecule has 94 valence electrons. The van der Waals surface area contributed by atoms with E-state index in [9.17, 15) is 0 Å². The molecule has 1 aromatic carbocycles. The molecular weight excluding hydrogens is 222 g/mol. The fourth-order valence-electron chi connectivity index (χ4n) is 2.07. The van der Waals surface area contributed by atoms with Crippen LogP contribution in [0, 0.1) is 5.41 Å².